The predicted octanol–water partition coefficient (Wildman–Crippen LogP) is 2.29. The van der Waals surface area contributed by atoms with E-state index in [9.17, 15) is 8.78 Å². The minimum atomic E-state index is -0.731. The Balaban J connectivity index is 3.21. The van der Waals surface area contributed by atoms with Crippen LogP contribution in [0.15, 0.2) is 12.1 Å². The number of rotatable bonds is 0. The zero-order valence-corrected chi connectivity index (χ0v) is 8.16. The fourth-order valence-electron chi connectivity index (χ4n) is 0.834. The average molecular weight is 246 g/mol. The Morgan fingerprint density at radius 2 is 1.85 bits per heavy atom. The van der Waals surface area contributed by atoms with Crippen LogP contribution in [0.2, 0.25) is 0 Å². The first-order valence-corrected chi connectivity index (χ1v) is 4.56. The van der Waals surface area contributed by atoms with Crippen molar-refractivity contribution in [2.45, 2.75) is 0 Å². The van der Waals surface area contributed by atoms with E-state index < -0.39 is 11.6 Å². The van der Waals surface area contributed by atoms with Gasteiger partial charge < -0.3 is 5.73 Å². The van der Waals surface area contributed by atoms with Crippen LogP contribution in [0.4, 0.5) is 14.5 Å². The molecule has 0 aliphatic carbocycles. The summed E-state index contributed by atoms with van der Waals surface area (Å²) in [6.07, 6.45) is 0. The maximum atomic E-state index is 13.0. The van der Waals surface area contributed by atoms with Crippen LogP contribution in [-0.2, 0) is 0 Å². The van der Waals surface area contributed by atoms with E-state index in [0.717, 1.165) is 12.1 Å². The lowest BCUT2D eigenvalue weighted by Gasteiger charge is -1.98. The highest BCUT2D eigenvalue weighted by Gasteiger charge is 2.06. The van der Waals surface area contributed by atoms with Crippen molar-refractivity contribution in [3.8, 4) is 11.8 Å². The van der Waals surface area contributed by atoms with Gasteiger partial charge in [0.2, 0.25) is 0 Å². The van der Waals surface area contributed by atoms with Crippen molar-refractivity contribution in [1.29, 1.82) is 0 Å². The van der Waals surface area contributed by atoms with Crippen LogP contribution < -0.4 is 5.73 Å². The molecule has 1 rings (SSSR count). The summed E-state index contributed by atoms with van der Waals surface area (Å²) in [5.41, 5.74) is 5.03. The number of hydrogen-bond acceptors (Lipinski definition) is 1. The van der Waals surface area contributed by atoms with Gasteiger partial charge >= 0.3 is 0 Å². The summed E-state index contributed by atoms with van der Waals surface area (Å²) < 4.78 is 26.0. The molecule has 0 aromatic heterocycles. The summed E-state index contributed by atoms with van der Waals surface area (Å²) in [5, 5.41) is 0.371. The molecule has 0 radical (unpaired) electrons. The lowest BCUT2D eigenvalue weighted by Crippen LogP contribution is -1.94. The Bertz CT molecular complexity index is 356. The Hall–Kier alpha value is -1.08. The van der Waals surface area contributed by atoms with Crippen LogP contribution in [0, 0.1) is 23.5 Å². The normalized spacial score (nSPS) is 9.15. The van der Waals surface area contributed by atoms with Crippen molar-refractivity contribution in [3.05, 3.63) is 29.3 Å². The number of halogens is 3. The Morgan fingerprint density at radius 1 is 1.31 bits per heavy atom. The van der Waals surface area contributed by atoms with Crippen molar-refractivity contribution >= 4 is 21.6 Å². The topological polar surface area (TPSA) is 26.0 Å². The molecule has 0 spiro atoms. The summed E-state index contributed by atoms with van der Waals surface area (Å²) in [5.74, 6) is 3.41. The standard InChI is InChI=1S/C9H6BrF2N/c10-3-1-2-7-8(11)4-6(13)5-9(7)12/h4-5H,3,13H2. The summed E-state index contributed by atoms with van der Waals surface area (Å²) in [6.45, 7) is 0. The smallest absolute Gasteiger partial charge is 0.143 e. The molecule has 0 aliphatic heterocycles. The molecule has 4 heteroatoms. The molecule has 0 saturated carbocycles. The molecule has 0 saturated heterocycles. The third kappa shape index (κ3) is 2.43. The van der Waals surface area contributed by atoms with E-state index in [-0.39, 0.29) is 11.3 Å². The van der Waals surface area contributed by atoms with E-state index in [2.05, 4.69) is 27.8 Å². The zero-order chi connectivity index (χ0) is 9.84. The van der Waals surface area contributed by atoms with Crippen LogP contribution in [0.3, 0.4) is 0 Å². The molecule has 2 N–H and O–H groups in total. The molecule has 0 fully saturated rings. The molecule has 68 valence electrons. The summed E-state index contributed by atoms with van der Waals surface area (Å²) in [7, 11) is 0. The van der Waals surface area contributed by atoms with Crippen molar-refractivity contribution < 1.29 is 8.78 Å². The second-order valence-corrected chi connectivity index (χ2v) is 2.86. The molecule has 13 heavy (non-hydrogen) atoms. The largest absolute Gasteiger partial charge is 0.399 e. The molecular weight excluding hydrogens is 240 g/mol. The Labute approximate surface area is 83.1 Å². The van der Waals surface area contributed by atoms with Gasteiger partial charge in [0.05, 0.1) is 10.9 Å². The van der Waals surface area contributed by atoms with Crippen molar-refractivity contribution in [3.63, 3.8) is 0 Å². The second kappa shape index (κ2) is 4.24. The van der Waals surface area contributed by atoms with Crippen LogP contribution >= 0.6 is 15.9 Å². The highest BCUT2D eigenvalue weighted by molar-refractivity contribution is 9.09. The van der Waals surface area contributed by atoms with Gasteiger partial charge in [-0.05, 0) is 12.1 Å². The summed E-state index contributed by atoms with van der Waals surface area (Å²) >= 11 is 3.03. The van der Waals surface area contributed by atoms with Gasteiger partial charge in [-0.15, -0.1) is 0 Å². The molecule has 0 atom stereocenters. The van der Waals surface area contributed by atoms with Crippen molar-refractivity contribution in [2.24, 2.45) is 0 Å². The van der Waals surface area contributed by atoms with Crippen LogP contribution in [0.1, 0.15) is 5.56 Å². The number of nitrogen functional groups attached to an aromatic ring is 1. The molecule has 0 amide bonds. The summed E-state index contributed by atoms with van der Waals surface area (Å²) in [6, 6.07) is 2.09. The van der Waals surface area contributed by atoms with Gasteiger partial charge in [-0.1, -0.05) is 27.8 Å². The van der Waals surface area contributed by atoms with Crippen LogP contribution in [0.25, 0.3) is 0 Å². The maximum absolute atomic E-state index is 13.0. The monoisotopic (exact) mass is 245 g/mol. The third-order valence-corrected chi connectivity index (χ3v) is 1.63. The molecule has 1 nitrogen and oxygen atoms in total. The van der Waals surface area contributed by atoms with E-state index in [1.54, 1.807) is 0 Å². The lowest BCUT2D eigenvalue weighted by atomic mass is 10.2. The first-order valence-electron chi connectivity index (χ1n) is 3.44. The quantitative estimate of drug-likeness (QED) is 0.424. The van der Waals surface area contributed by atoms with Crippen molar-refractivity contribution in [1.82, 2.24) is 0 Å². The van der Waals surface area contributed by atoms with Gasteiger partial charge in [-0.25, -0.2) is 8.78 Å². The fraction of sp³-hybridized carbons (Fsp3) is 0.111. The van der Waals surface area contributed by atoms with Gasteiger partial charge in [0.1, 0.15) is 11.6 Å². The average Bonchev–Trinajstić information content (AvgIpc) is 2.02. The number of hydrogen-bond donors (Lipinski definition) is 1. The Kier molecular flexibility index (Phi) is 3.26. The number of benzene rings is 1. The molecule has 0 bridgehead atoms. The molecule has 1 aromatic rings. The zero-order valence-electron chi connectivity index (χ0n) is 6.57. The van der Waals surface area contributed by atoms with E-state index >= 15 is 0 Å². The highest BCUT2D eigenvalue weighted by atomic mass is 79.9. The van der Waals surface area contributed by atoms with Gasteiger partial charge in [0.25, 0.3) is 0 Å². The SMILES string of the molecule is Nc1cc(F)c(C#CCBr)c(F)c1. The molecule has 1 aromatic carbocycles. The number of anilines is 1. The van der Waals surface area contributed by atoms with Gasteiger partial charge in [-0.3, -0.25) is 0 Å². The first kappa shape index (κ1) is 10.0. The van der Waals surface area contributed by atoms with Gasteiger partial charge in [0, 0.05) is 5.69 Å². The van der Waals surface area contributed by atoms with Crippen molar-refractivity contribution in [2.75, 3.05) is 11.1 Å². The van der Waals surface area contributed by atoms with E-state index in [1.807, 2.05) is 0 Å². The third-order valence-electron chi connectivity index (χ3n) is 1.34. The minimum absolute atomic E-state index is 0.0550. The molecule has 0 unspecified atom stereocenters. The summed E-state index contributed by atoms with van der Waals surface area (Å²) in [4.78, 5) is 0. The highest BCUT2D eigenvalue weighted by Crippen LogP contribution is 2.15. The van der Waals surface area contributed by atoms with Gasteiger partial charge in [-0.2, -0.15) is 0 Å². The first-order chi connectivity index (χ1) is 6.15. The number of alkyl halides is 1. The van der Waals surface area contributed by atoms with Crippen LogP contribution in [0.5, 0.6) is 0 Å². The Morgan fingerprint density at radius 3 is 2.31 bits per heavy atom. The lowest BCUT2D eigenvalue weighted by molar-refractivity contribution is 0.578. The molecule has 0 heterocycles. The van der Waals surface area contributed by atoms with Gasteiger partial charge in [0.15, 0.2) is 0 Å². The number of nitrogens with two attached hydrogens (primary N) is 1. The van der Waals surface area contributed by atoms with E-state index in [4.69, 9.17) is 5.73 Å². The maximum Gasteiger partial charge on any atom is 0.143 e. The predicted molar refractivity (Wildman–Crippen MR) is 51.4 cm³/mol. The minimum Gasteiger partial charge on any atom is -0.399 e. The fourth-order valence-corrected chi connectivity index (χ4v) is 0.974. The molecular formula is C9H6BrF2N. The molecule has 0 aliphatic rings. The van der Waals surface area contributed by atoms with Crippen LogP contribution in [-0.4, -0.2) is 5.33 Å². The van der Waals surface area contributed by atoms with E-state index in [1.165, 1.54) is 0 Å². The van der Waals surface area contributed by atoms with E-state index in [0.29, 0.717) is 5.33 Å². The second-order valence-electron chi connectivity index (χ2n) is 2.29.